The van der Waals surface area contributed by atoms with E-state index in [0.29, 0.717) is 18.9 Å². The first-order valence-electron chi connectivity index (χ1n) is 9.31. The van der Waals surface area contributed by atoms with Crippen molar-refractivity contribution in [3.8, 4) is 17.2 Å². The maximum Gasteiger partial charge on any atom is 0.243 e. The molecule has 0 aliphatic heterocycles. The lowest BCUT2D eigenvalue weighted by molar-refractivity contribution is -0.114. The molecule has 29 heavy (non-hydrogen) atoms. The summed E-state index contributed by atoms with van der Waals surface area (Å²) in [6, 6.07) is 24.2. The second-order valence-corrected chi connectivity index (χ2v) is 6.16. The molecule has 0 unspecified atom stereocenters. The van der Waals surface area contributed by atoms with Gasteiger partial charge in [-0.15, -0.1) is 0 Å². The van der Waals surface area contributed by atoms with Crippen LogP contribution in [-0.4, -0.2) is 32.8 Å². The summed E-state index contributed by atoms with van der Waals surface area (Å²) < 4.78 is 16.3. The van der Waals surface area contributed by atoms with Crippen molar-refractivity contribution in [1.29, 1.82) is 0 Å². The van der Waals surface area contributed by atoms with Crippen molar-refractivity contribution >= 4 is 17.3 Å². The zero-order valence-corrected chi connectivity index (χ0v) is 16.3. The molecule has 0 aromatic heterocycles. The fourth-order valence-electron chi connectivity index (χ4n) is 2.57. The van der Waals surface area contributed by atoms with Gasteiger partial charge in [-0.25, -0.2) is 0 Å². The van der Waals surface area contributed by atoms with Crippen LogP contribution in [0.4, 0.5) is 11.4 Å². The molecule has 0 aliphatic rings. The maximum absolute atomic E-state index is 12.1. The number of anilines is 2. The number of hydrogen-bond acceptors (Lipinski definition) is 5. The number of carbonyl (C=O) groups is 1. The van der Waals surface area contributed by atoms with E-state index in [1.165, 1.54) is 0 Å². The van der Waals surface area contributed by atoms with Gasteiger partial charge in [-0.3, -0.25) is 4.79 Å². The first-order chi connectivity index (χ1) is 14.2. The predicted octanol–water partition coefficient (Wildman–Crippen LogP) is 4.20. The van der Waals surface area contributed by atoms with Gasteiger partial charge in [0.25, 0.3) is 0 Å². The van der Waals surface area contributed by atoms with E-state index in [0.717, 1.165) is 22.9 Å². The van der Waals surface area contributed by atoms with Crippen LogP contribution in [0.15, 0.2) is 78.9 Å². The molecule has 0 aliphatic carbocycles. The fourth-order valence-corrected chi connectivity index (χ4v) is 2.57. The van der Waals surface area contributed by atoms with E-state index < -0.39 is 0 Å². The molecule has 1 amide bonds. The minimum atomic E-state index is -0.134. The Bertz CT molecular complexity index is 881. The number of amides is 1. The van der Waals surface area contributed by atoms with Gasteiger partial charge < -0.3 is 24.8 Å². The SMILES string of the molecule is COc1ccc(NCC(=O)Nc2ccc(OCCOc3ccccc3)cc2)cc1. The molecule has 3 aromatic rings. The number of ether oxygens (including phenoxy) is 3. The van der Waals surface area contributed by atoms with Crippen molar-refractivity contribution < 1.29 is 19.0 Å². The molecule has 0 bridgehead atoms. The van der Waals surface area contributed by atoms with Crippen LogP contribution in [-0.2, 0) is 4.79 Å². The first-order valence-corrected chi connectivity index (χ1v) is 9.31. The van der Waals surface area contributed by atoms with E-state index in [2.05, 4.69) is 10.6 Å². The Kier molecular flexibility index (Phi) is 7.34. The molecule has 3 rings (SSSR count). The van der Waals surface area contributed by atoms with Crippen molar-refractivity contribution in [2.24, 2.45) is 0 Å². The summed E-state index contributed by atoms with van der Waals surface area (Å²) in [5.74, 6) is 2.17. The summed E-state index contributed by atoms with van der Waals surface area (Å²) in [6.07, 6.45) is 0. The van der Waals surface area contributed by atoms with Crippen LogP contribution in [0.5, 0.6) is 17.2 Å². The van der Waals surface area contributed by atoms with Crippen molar-refractivity contribution in [3.63, 3.8) is 0 Å². The van der Waals surface area contributed by atoms with Gasteiger partial charge in [0, 0.05) is 11.4 Å². The summed E-state index contributed by atoms with van der Waals surface area (Å²) in [4.78, 5) is 12.1. The van der Waals surface area contributed by atoms with Crippen LogP contribution in [0.2, 0.25) is 0 Å². The molecule has 0 atom stereocenters. The van der Waals surface area contributed by atoms with E-state index in [9.17, 15) is 4.79 Å². The lowest BCUT2D eigenvalue weighted by Gasteiger charge is -2.10. The number of hydrogen-bond donors (Lipinski definition) is 2. The van der Waals surface area contributed by atoms with Crippen molar-refractivity contribution in [1.82, 2.24) is 0 Å². The minimum absolute atomic E-state index is 0.134. The zero-order chi connectivity index (χ0) is 20.3. The number of rotatable bonds is 10. The van der Waals surface area contributed by atoms with Gasteiger partial charge in [-0.1, -0.05) is 18.2 Å². The largest absolute Gasteiger partial charge is 0.497 e. The van der Waals surface area contributed by atoms with Gasteiger partial charge in [0.05, 0.1) is 13.7 Å². The van der Waals surface area contributed by atoms with Gasteiger partial charge in [-0.2, -0.15) is 0 Å². The van der Waals surface area contributed by atoms with Crippen LogP contribution in [0.3, 0.4) is 0 Å². The highest BCUT2D eigenvalue weighted by atomic mass is 16.5. The second kappa shape index (κ2) is 10.6. The van der Waals surface area contributed by atoms with Crippen LogP contribution in [0, 0.1) is 0 Å². The average Bonchev–Trinajstić information content (AvgIpc) is 2.77. The average molecular weight is 392 g/mol. The molecule has 6 heteroatoms. The van der Waals surface area contributed by atoms with E-state index in [1.807, 2.05) is 66.7 Å². The Labute approximate surface area is 170 Å². The summed E-state index contributed by atoms with van der Waals surface area (Å²) in [6.45, 7) is 1.06. The van der Waals surface area contributed by atoms with Crippen molar-refractivity contribution in [3.05, 3.63) is 78.9 Å². The third-order valence-corrected chi connectivity index (χ3v) is 4.05. The molecular weight excluding hydrogens is 368 g/mol. The highest BCUT2D eigenvalue weighted by Gasteiger charge is 2.03. The molecular formula is C23H24N2O4. The van der Waals surface area contributed by atoms with Crippen molar-refractivity contribution in [2.45, 2.75) is 0 Å². The minimum Gasteiger partial charge on any atom is -0.497 e. The molecule has 3 aromatic carbocycles. The maximum atomic E-state index is 12.1. The Balaban J connectivity index is 1.37. The quantitative estimate of drug-likeness (QED) is 0.506. The molecule has 0 saturated heterocycles. The van der Waals surface area contributed by atoms with Crippen LogP contribution in [0.25, 0.3) is 0 Å². The Morgan fingerprint density at radius 3 is 1.90 bits per heavy atom. The third kappa shape index (κ3) is 6.77. The third-order valence-electron chi connectivity index (χ3n) is 4.05. The number of methoxy groups -OCH3 is 1. The lowest BCUT2D eigenvalue weighted by atomic mass is 10.3. The number of para-hydroxylation sites is 1. The molecule has 0 spiro atoms. The molecule has 0 fully saturated rings. The summed E-state index contributed by atoms with van der Waals surface area (Å²) in [7, 11) is 1.62. The number of nitrogens with one attached hydrogen (secondary N) is 2. The smallest absolute Gasteiger partial charge is 0.243 e. The van der Waals surface area contributed by atoms with E-state index >= 15 is 0 Å². The van der Waals surface area contributed by atoms with Gasteiger partial charge in [0.2, 0.25) is 5.91 Å². The molecule has 0 heterocycles. The first kappa shape index (κ1) is 20.1. The Morgan fingerprint density at radius 1 is 0.724 bits per heavy atom. The van der Waals surface area contributed by atoms with Gasteiger partial charge >= 0.3 is 0 Å². The topological polar surface area (TPSA) is 68.8 Å². The van der Waals surface area contributed by atoms with Crippen molar-refractivity contribution in [2.75, 3.05) is 37.5 Å². The van der Waals surface area contributed by atoms with Crippen LogP contribution >= 0.6 is 0 Å². The lowest BCUT2D eigenvalue weighted by Crippen LogP contribution is -2.21. The summed E-state index contributed by atoms with van der Waals surface area (Å²) in [5, 5.41) is 5.91. The van der Waals surface area contributed by atoms with Crippen LogP contribution in [0.1, 0.15) is 0 Å². The Morgan fingerprint density at radius 2 is 1.28 bits per heavy atom. The van der Waals surface area contributed by atoms with E-state index in [4.69, 9.17) is 14.2 Å². The van der Waals surface area contributed by atoms with Gasteiger partial charge in [0.15, 0.2) is 0 Å². The summed E-state index contributed by atoms with van der Waals surface area (Å²) in [5.41, 5.74) is 1.56. The molecule has 0 saturated carbocycles. The van der Waals surface area contributed by atoms with E-state index in [-0.39, 0.29) is 12.5 Å². The number of benzene rings is 3. The highest BCUT2D eigenvalue weighted by Crippen LogP contribution is 2.17. The highest BCUT2D eigenvalue weighted by molar-refractivity contribution is 5.93. The molecule has 150 valence electrons. The monoisotopic (exact) mass is 392 g/mol. The zero-order valence-electron chi connectivity index (χ0n) is 16.3. The van der Waals surface area contributed by atoms with E-state index in [1.54, 1.807) is 19.2 Å². The summed E-state index contributed by atoms with van der Waals surface area (Å²) >= 11 is 0. The predicted molar refractivity (Wildman–Crippen MR) is 114 cm³/mol. The second-order valence-electron chi connectivity index (χ2n) is 6.16. The molecule has 0 radical (unpaired) electrons. The molecule has 6 nitrogen and oxygen atoms in total. The fraction of sp³-hybridized carbons (Fsp3) is 0.174. The normalized spacial score (nSPS) is 10.1. The van der Waals surface area contributed by atoms with Gasteiger partial charge in [0.1, 0.15) is 30.5 Å². The van der Waals surface area contributed by atoms with Gasteiger partial charge in [-0.05, 0) is 60.7 Å². The standard InChI is InChI=1S/C23H24N2O4/c1-27-20-11-7-18(8-12-20)24-17-23(26)25-19-9-13-22(14-10-19)29-16-15-28-21-5-3-2-4-6-21/h2-14,24H,15-17H2,1H3,(H,25,26). The Hall–Kier alpha value is -3.67. The van der Waals surface area contributed by atoms with Crippen LogP contribution < -0.4 is 24.8 Å². The molecule has 2 N–H and O–H groups in total. The number of carbonyl (C=O) groups excluding carboxylic acids is 1.